The van der Waals surface area contributed by atoms with Crippen LogP contribution in [0.2, 0.25) is 5.02 Å². The Morgan fingerprint density at radius 3 is 2.40 bits per heavy atom. The van der Waals surface area contributed by atoms with Crippen LogP contribution in [0.4, 0.5) is 5.69 Å². The van der Waals surface area contributed by atoms with E-state index >= 15 is 0 Å². The number of rotatable bonds is 3. The highest BCUT2D eigenvalue weighted by molar-refractivity contribution is 6.30. The van der Waals surface area contributed by atoms with Gasteiger partial charge in [-0.3, -0.25) is 4.99 Å². The molecule has 1 heterocycles. The molecule has 0 spiro atoms. The van der Waals surface area contributed by atoms with Crippen molar-refractivity contribution in [1.82, 2.24) is 4.90 Å². The van der Waals surface area contributed by atoms with Gasteiger partial charge in [0.05, 0.1) is 0 Å². The zero-order valence-electron chi connectivity index (χ0n) is 11.6. The zero-order valence-corrected chi connectivity index (χ0v) is 12.4. The second kappa shape index (κ2) is 5.92. The van der Waals surface area contributed by atoms with Crippen molar-refractivity contribution >= 4 is 23.2 Å². The maximum atomic E-state index is 6.07. The molecule has 1 saturated carbocycles. The number of hydrogen-bond acceptors (Lipinski definition) is 2. The number of hydrogen-bond donors (Lipinski definition) is 1. The SMILES string of the molecule is NC(=NCC1CC1)N1CCN(c2ccc(Cl)cc2)CC1. The first-order chi connectivity index (χ1) is 9.72. The van der Waals surface area contributed by atoms with Gasteiger partial charge in [0, 0.05) is 43.4 Å². The van der Waals surface area contributed by atoms with Crippen LogP contribution >= 0.6 is 11.6 Å². The highest BCUT2D eigenvalue weighted by Crippen LogP contribution is 2.28. The highest BCUT2D eigenvalue weighted by Gasteiger charge is 2.22. The lowest BCUT2D eigenvalue weighted by molar-refractivity contribution is 0.380. The number of halogens is 1. The first kappa shape index (κ1) is 13.6. The summed E-state index contributed by atoms with van der Waals surface area (Å²) in [6, 6.07) is 8.02. The third kappa shape index (κ3) is 3.37. The predicted octanol–water partition coefficient (Wildman–Crippen LogP) is 2.19. The smallest absolute Gasteiger partial charge is 0.191 e. The van der Waals surface area contributed by atoms with Crippen LogP contribution in [0.15, 0.2) is 29.3 Å². The summed E-state index contributed by atoms with van der Waals surface area (Å²) in [6.07, 6.45) is 2.64. The quantitative estimate of drug-likeness (QED) is 0.686. The van der Waals surface area contributed by atoms with Gasteiger partial charge in [-0.15, -0.1) is 0 Å². The van der Waals surface area contributed by atoms with Gasteiger partial charge >= 0.3 is 0 Å². The molecule has 0 aromatic heterocycles. The molecular formula is C15H21ClN4. The normalized spacial score (nSPS) is 20.4. The molecule has 2 fully saturated rings. The third-order valence-electron chi connectivity index (χ3n) is 4.00. The molecule has 0 unspecified atom stereocenters. The maximum Gasteiger partial charge on any atom is 0.191 e. The second-order valence-electron chi connectivity index (χ2n) is 5.59. The largest absolute Gasteiger partial charge is 0.370 e. The molecule has 1 aliphatic heterocycles. The van der Waals surface area contributed by atoms with Crippen molar-refractivity contribution in [2.45, 2.75) is 12.8 Å². The molecule has 108 valence electrons. The van der Waals surface area contributed by atoms with Gasteiger partial charge in [0.2, 0.25) is 0 Å². The summed E-state index contributed by atoms with van der Waals surface area (Å²) < 4.78 is 0. The lowest BCUT2D eigenvalue weighted by Crippen LogP contribution is -2.51. The minimum Gasteiger partial charge on any atom is -0.370 e. The Morgan fingerprint density at radius 2 is 1.80 bits per heavy atom. The van der Waals surface area contributed by atoms with E-state index in [1.807, 2.05) is 12.1 Å². The summed E-state index contributed by atoms with van der Waals surface area (Å²) in [6.45, 7) is 4.72. The Kier molecular flexibility index (Phi) is 4.01. The first-order valence-corrected chi connectivity index (χ1v) is 7.65. The van der Waals surface area contributed by atoms with Gasteiger partial charge in [-0.1, -0.05) is 11.6 Å². The molecule has 2 N–H and O–H groups in total. The molecule has 5 heteroatoms. The fourth-order valence-electron chi connectivity index (χ4n) is 2.47. The van der Waals surface area contributed by atoms with Gasteiger partial charge in [-0.05, 0) is 43.0 Å². The third-order valence-corrected chi connectivity index (χ3v) is 4.26. The minimum atomic E-state index is 0.715. The van der Waals surface area contributed by atoms with Crippen molar-refractivity contribution in [1.29, 1.82) is 0 Å². The van der Waals surface area contributed by atoms with Gasteiger partial charge in [0.25, 0.3) is 0 Å². The molecule has 1 aromatic carbocycles. The molecule has 0 radical (unpaired) electrons. The van der Waals surface area contributed by atoms with Crippen LogP contribution in [0.1, 0.15) is 12.8 Å². The summed E-state index contributed by atoms with van der Waals surface area (Å²) in [4.78, 5) is 9.05. The first-order valence-electron chi connectivity index (χ1n) is 7.28. The van der Waals surface area contributed by atoms with Crippen LogP contribution < -0.4 is 10.6 Å². The number of piperazine rings is 1. The Hall–Kier alpha value is -1.42. The molecular weight excluding hydrogens is 272 g/mol. The number of anilines is 1. The molecule has 4 nitrogen and oxygen atoms in total. The summed E-state index contributed by atoms with van der Waals surface area (Å²) in [5.41, 5.74) is 7.29. The molecule has 0 bridgehead atoms. The molecule has 3 rings (SSSR count). The van der Waals surface area contributed by atoms with Gasteiger partial charge in [-0.2, -0.15) is 0 Å². The van der Waals surface area contributed by atoms with Crippen molar-refractivity contribution < 1.29 is 0 Å². The lowest BCUT2D eigenvalue weighted by Gasteiger charge is -2.36. The van der Waals surface area contributed by atoms with Crippen LogP contribution in [-0.2, 0) is 0 Å². The van der Waals surface area contributed by atoms with E-state index in [2.05, 4.69) is 26.9 Å². The molecule has 2 aliphatic rings. The van der Waals surface area contributed by atoms with Crippen molar-refractivity contribution in [3.63, 3.8) is 0 Å². The zero-order chi connectivity index (χ0) is 13.9. The van der Waals surface area contributed by atoms with Crippen molar-refractivity contribution in [2.75, 3.05) is 37.6 Å². The number of aliphatic imine (C=N–C) groups is 1. The fourth-order valence-corrected chi connectivity index (χ4v) is 2.59. The Balaban J connectivity index is 1.53. The number of guanidine groups is 1. The Morgan fingerprint density at radius 1 is 1.15 bits per heavy atom. The van der Waals surface area contributed by atoms with E-state index in [1.54, 1.807) is 0 Å². The predicted molar refractivity (Wildman–Crippen MR) is 84.5 cm³/mol. The molecule has 0 atom stereocenters. The molecule has 1 aromatic rings. The Bertz CT molecular complexity index is 473. The van der Waals surface area contributed by atoms with Crippen LogP contribution in [0.5, 0.6) is 0 Å². The van der Waals surface area contributed by atoms with Gasteiger partial charge in [0.1, 0.15) is 0 Å². The van der Waals surface area contributed by atoms with Crippen LogP contribution in [0.3, 0.4) is 0 Å². The van der Waals surface area contributed by atoms with Crippen molar-refractivity contribution in [3.05, 3.63) is 29.3 Å². The molecule has 1 aliphatic carbocycles. The summed E-state index contributed by atoms with van der Waals surface area (Å²) in [5, 5.41) is 0.781. The highest BCUT2D eigenvalue weighted by atomic mass is 35.5. The van der Waals surface area contributed by atoms with E-state index in [0.717, 1.165) is 43.7 Å². The molecule has 20 heavy (non-hydrogen) atoms. The maximum absolute atomic E-state index is 6.07. The van der Waals surface area contributed by atoms with E-state index in [4.69, 9.17) is 17.3 Å². The second-order valence-corrected chi connectivity index (χ2v) is 6.03. The van der Waals surface area contributed by atoms with E-state index < -0.39 is 0 Å². The molecule has 1 saturated heterocycles. The topological polar surface area (TPSA) is 44.9 Å². The number of benzene rings is 1. The van der Waals surface area contributed by atoms with Gasteiger partial charge < -0.3 is 15.5 Å². The monoisotopic (exact) mass is 292 g/mol. The van der Waals surface area contributed by atoms with E-state index in [0.29, 0.717) is 5.96 Å². The summed E-state index contributed by atoms with van der Waals surface area (Å²) >= 11 is 5.92. The summed E-state index contributed by atoms with van der Waals surface area (Å²) in [7, 11) is 0. The minimum absolute atomic E-state index is 0.715. The van der Waals surface area contributed by atoms with E-state index in [9.17, 15) is 0 Å². The van der Waals surface area contributed by atoms with Crippen LogP contribution in [0.25, 0.3) is 0 Å². The fraction of sp³-hybridized carbons (Fsp3) is 0.533. The average molecular weight is 293 g/mol. The standard InChI is InChI=1S/C15H21ClN4/c16-13-3-5-14(6-4-13)19-7-9-20(10-8-19)15(17)18-11-12-1-2-12/h3-6,12H,1-2,7-11H2,(H2,17,18). The van der Waals surface area contributed by atoms with Crippen molar-refractivity contribution in [3.8, 4) is 0 Å². The Labute approximate surface area is 125 Å². The van der Waals surface area contributed by atoms with E-state index in [1.165, 1.54) is 18.5 Å². The number of nitrogens with two attached hydrogens (primary N) is 1. The van der Waals surface area contributed by atoms with Crippen molar-refractivity contribution in [2.24, 2.45) is 16.6 Å². The lowest BCUT2D eigenvalue weighted by atomic mass is 10.2. The van der Waals surface area contributed by atoms with Crippen LogP contribution in [-0.4, -0.2) is 43.6 Å². The van der Waals surface area contributed by atoms with Crippen LogP contribution in [0, 0.1) is 5.92 Å². The van der Waals surface area contributed by atoms with Gasteiger partial charge in [-0.25, -0.2) is 0 Å². The van der Waals surface area contributed by atoms with Gasteiger partial charge in [0.15, 0.2) is 5.96 Å². The van der Waals surface area contributed by atoms with E-state index in [-0.39, 0.29) is 0 Å². The number of nitrogens with zero attached hydrogens (tertiary/aromatic N) is 3. The molecule has 0 amide bonds. The summed E-state index contributed by atoms with van der Waals surface area (Å²) in [5.74, 6) is 1.51. The average Bonchev–Trinajstić information content (AvgIpc) is 3.30.